The van der Waals surface area contributed by atoms with Crippen molar-refractivity contribution in [3.05, 3.63) is 94.4 Å². The summed E-state index contributed by atoms with van der Waals surface area (Å²) in [7, 11) is 0. The van der Waals surface area contributed by atoms with E-state index in [4.69, 9.17) is 26.8 Å². The zero-order valence-corrected chi connectivity index (χ0v) is 22.2. The van der Waals surface area contributed by atoms with Crippen molar-refractivity contribution in [2.45, 2.75) is 13.5 Å². The maximum Gasteiger partial charge on any atom is 0.292 e. The molecule has 0 bridgehead atoms. The number of halogens is 2. The van der Waals surface area contributed by atoms with Crippen LogP contribution in [0.15, 0.2) is 76.5 Å². The molecule has 0 aliphatic heterocycles. The van der Waals surface area contributed by atoms with Gasteiger partial charge in [-0.2, -0.15) is 9.78 Å². The maximum absolute atomic E-state index is 14.1. The number of carbonyl (C=O) groups excluding carboxylic acids is 1. The van der Waals surface area contributed by atoms with Crippen LogP contribution in [0.4, 0.5) is 10.2 Å². The van der Waals surface area contributed by atoms with E-state index in [1.165, 1.54) is 18.3 Å². The number of ether oxygens (including phenoxy) is 2. The topological polar surface area (TPSA) is 156 Å². The number of nitrogens with two attached hydrogens (primary N) is 1. The van der Waals surface area contributed by atoms with Crippen molar-refractivity contribution < 1.29 is 23.3 Å². The number of amides is 1. The number of rotatable bonds is 10. The highest BCUT2D eigenvalue weighted by atomic mass is 35.5. The zero-order valence-electron chi connectivity index (χ0n) is 21.5. The minimum Gasteiger partial charge on any atom is -0.490 e. The molecule has 0 saturated carbocycles. The molecule has 208 valence electrons. The lowest BCUT2D eigenvalue weighted by molar-refractivity contribution is 0.0947. The Balaban J connectivity index is 1.36. The number of nitrogens with zero attached hydrogens (tertiary/aromatic N) is 6. The molecule has 41 heavy (non-hydrogen) atoms. The van der Waals surface area contributed by atoms with E-state index in [1.807, 2.05) is 13.0 Å². The van der Waals surface area contributed by atoms with Gasteiger partial charge < -0.3 is 15.2 Å². The molecule has 5 rings (SSSR count). The normalized spacial score (nSPS) is 11.1. The van der Waals surface area contributed by atoms with Gasteiger partial charge in [0, 0.05) is 11.1 Å². The van der Waals surface area contributed by atoms with Crippen LogP contribution in [-0.4, -0.2) is 44.0 Å². The van der Waals surface area contributed by atoms with Crippen LogP contribution in [0.3, 0.4) is 0 Å². The van der Waals surface area contributed by atoms with Gasteiger partial charge in [0.15, 0.2) is 17.2 Å². The Hall–Kier alpha value is -5.30. The fourth-order valence-electron chi connectivity index (χ4n) is 3.79. The van der Waals surface area contributed by atoms with E-state index in [9.17, 15) is 9.18 Å². The predicted molar refractivity (Wildman–Crippen MR) is 147 cm³/mol. The Morgan fingerprint density at radius 3 is 2.68 bits per heavy atom. The molecule has 0 spiro atoms. The van der Waals surface area contributed by atoms with Crippen LogP contribution in [-0.2, 0) is 6.61 Å². The molecule has 5 aromatic rings. The fourth-order valence-corrected chi connectivity index (χ4v) is 4.01. The van der Waals surface area contributed by atoms with Gasteiger partial charge in [-0.1, -0.05) is 53.2 Å². The van der Waals surface area contributed by atoms with E-state index in [0.29, 0.717) is 29.2 Å². The molecule has 1 amide bonds. The number of anilines is 1. The Morgan fingerprint density at radius 2 is 1.95 bits per heavy atom. The number of benzene rings is 3. The number of hydrazone groups is 1. The standard InChI is InChI=1S/C27H22ClFN8O4/c1-2-39-22-13-16(11-12-21(22)40-15-18-19(28)9-6-10-20(18)29)14-31-33-27(38)24-23(17-7-4-3-5-8-17)32-36-37(24)26-25(30)34-41-35-26/h3-14H,2,15H2,1H3,(H2,30,34)(H,33,38)/b31-14+. The van der Waals surface area contributed by atoms with Crippen LogP contribution in [0.1, 0.15) is 28.5 Å². The quantitative estimate of drug-likeness (QED) is 0.181. The first-order valence-corrected chi connectivity index (χ1v) is 12.6. The molecule has 3 aromatic carbocycles. The van der Waals surface area contributed by atoms with E-state index >= 15 is 0 Å². The molecule has 0 aliphatic rings. The summed E-state index contributed by atoms with van der Waals surface area (Å²) in [6.45, 7) is 2.08. The molecule has 0 atom stereocenters. The van der Waals surface area contributed by atoms with Gasteiger partial charge >= 0.3 is 0 Å². The highest BCUT2D eigenvalue weighted by molar-refractivity contribution is 6.31. The minimum atomic E-state index is -0.640. The lowest BCUT2D eigenvalue weighted by atomic mass is 10.1. The van der Waals surface area contributed by atoms with Crippen LogP contribution in [0.5, 0.6) is 11.5 Å². The van der Waals surface area contributed by atoms with E-state index in [1.54, 1.807) is 48.5 Å². The largest absolute Gasteiger partial charge is 0.490 e. The molecule has 14 heteroatoms. The lowest BCUT2D eigenvalue weighted by Crippen LogP contribution is -2.22. The Morgan fingerprint density at radius 1 is 1.12 bits per heavy atom. The second kappa shape index (κ2) is 12.3. The second-order valence-electron chi connectivity index (χ2n) is 8.36. The smallest absolute Gasteiger partial charge is 0.292 e. The van der Waals surface area contributed by atoms with Crippen LogP contribution in [0, 0.1) is 5.82 Å². The van der Waals surface area contributed by atoms with Crippen LogP contribution in [0.25, 0.3) is 17.1 Å². The van der Waals surface area contributed by atoms with Crippen LogP contribution in [0.2, 0.25) is 5.02 Å². The Kier molecular flexibility index (Phi) is 8.15. The van der Waals surface area contributed by atoms with Gasteiger partial charge in [0.25, 0.3) is 5.91 Å². The summed E-state index contributed by atoms with van der Waals surface area (Å²) in [6, 6.07) is 18.4. The highest BCUT2D eigenvalue weighted by Crippen LogP contribution is 2.30. The molecule has 0 aliphatic carbocycles. The maximum atomic E-state index is 14.1. The number of hydrogen-bond donors (Lipinski definition) is 2. The summed E-state index contributed by atoms with van der Waals surface area (Å²) in [5.74, 6) is -0.396. The van der Waals surface area contributed by atoms with Gasteiger partial charge in [-0.3, -0.25) is 4.79 Å². The Labute approximate surface area is 237 Å². The molecule has 0 unspecified atom stereocenters. The van der Waals surface area contributed by atoms with E-state index < -0.39 is 11.7 Å². The van der Waals surface area contributed by atoms with Crippen molar-refractivity contribution in [3.8, 4) is 28.6 Å². The monoisotopic (exact) mass is 576 g/mol. The number of nitrogen functional groups attached to an aromatic ring is 1. The van der Waals surface area contributed by atoms with Gasteiger partial charge in [0.2, 0.25) is 11.6 Å². The van der Waals surface area contributed by atoms with Crippen molar-refractivity contribution in [2.24, 2.45) is 5.10 Å². The molecule has 3 N–H and O–H groups in total. The molecule has 2 heterocycles. The zero-order chi connectivity index (χ0) is 28.8. The summed E-state index contributed by atoms with van der Waals surface area (Å²) in [6.07, 6.45) is 1.42. The first kappa shape index (κ1) is 27.3. The van der Waals surface area contributed by atoms with Crippen molar-refractivity contribution in [2.75, 3.05) is 12.3 Å². The molecule has 0 radical (unpaired) electrons. The molecular weight excluding hydrogens is 555 g/mol. The van der Waals surface area contributed by atoms with Gasteiger partial charge in [0.1, 0.15) is 18.1 Å². The third-order valence-electron chi connectivity index (χ3n) is 5.71. The van der Waals surface area contributed by atoms with Crippen LogP contribution < -0.4 is 20.6 Å². The number of nitrogens with one attached hydrogen (secondary N) is 1. The average molecular weight is 577 g/mol. The number of hydrogen-bond acceptors (Lipinski definition) is 10. The van der Waals surface area contributed by atoms with Gasteiger partial charge in [-0.15, -0.1) is 5.10 Å². The molecular formula is C27H22ClFN8O4. The molecule has 0 fully saturated rings. The fraction of sp³-hybridized carbons (Fsp3) is 0.111. The Bertz CT molecular complexity index is 1690. The molecule has 0 saturated heterocycles. The molecule has 2 aromatic heterocycles. The molecule has 12 nitrogen and oxygen atoms in total. The van der Waals surface area contributed by atoms with E-state index in [-0.39, 0.29) is 40.2 Å². The lowest BCUT2D eigenvalue weighted by Gasteiger charge is -2.13. The number of aromatic nitrogens is 5. The van der Waals surface area contributed by atoms with Crippen molar-refractivity contribution in [1.29, 1.82) is 0 Å². The summed E-state index contributed by atoms with van der Waals surface area (Å²) < 4.78 is 31.4. The minimum absolute atomic E-state index is 0.00225. The first-order chi connectivity index (χ1) is 20.0. The summed E-state index contributed by atoms with van der Waals surface area (Å²) in [5.41, 5.74) is 10.0. The van der Waals surface area contributed by atoms with E-state index in [0.717, 1.165) is 4.68 Å². The van der Waals surface area contributed by atoms with Crippen molar-refractivity contribution >= 4 is 29.5 Å². The highest BCUT2D eigenvalue weighted by Gasteiger charge is 2.25. The van der Waals surface area contributed by atoms with Gasteiger partial charge in [-0.25, -0.2) is 14.4 Å². The van der Waals surface area contributed by atoms with Crippen molar-refractivity contribution in [3.63, 3.8) is 0 Å². The summed E-state index contributed by atoms with van der Waals surface area (Å²) in [5, 5.41) is 19.8. The van der Waals surface area contributed by atoms with E-state index in [2.05, 4.69) is 35.8 Å². The van der Waals surface area contributed by atoms with Crippen molar-refractivity contribution in [1.82, 2.24) is 30.7 Å². The van der Waals surface area contributed by atoms with Gasteiger partial charge in [-0.05, 0) is 53.1 Å². The third-order valence-corrected chi connectivity index (χ3v) is 6.06. The summed E-state index contributed by atoms with van der Waals surface area (Å²) >= 11 is 6.10. The number of carbonyl (C=O) groups is 1. The van der Waals surface area contributed by atoms with Gasteiger partial charge in [0.05, 0.1) is 17.8 Å². The average Bonchev–Trinajstić information content (AvgIpc) is 3.60. The third kappa shape index (κ3) is 5.99. The first-order valence-electron chi connectivity index (χ1n) is 12.2. The second-order valence-corrected chi connectivity index (χ2v) is 8.77. The SMILES string of the molecule is CCOc1cc(/C=N/NC(=O)c2c(-c3ccccc3)nnn2-c2nonc2N)ccc1OCc1c(F)cccc1Cl. The predicted octanol–water partition coefficient (Wildman–Crippen LogP) is 4.43. The summed E-state index contributed by atoms with van der Waals surface area (Å²) in [4.78, 5) is 13.3. The van der Waals surface area contributed by atoms with Crippen LogP contribution >= 0.6 is 11.6 Å².